The summed E-state index contributed by atoms with van der Waals surface area (Å²) in [5.74, 6) is -0.234. The zero-order chi connectivity index (χ0) is 13.5. The third-order valence-electron chi connectivity index (χ3n) is 2.30. The Morgan fingerprint density at radius 2 is 2.17 bits per heavy atom. The van der Waals surface area contributed by atoms with Gasteiger partial charge >= 0.3 is 5.63 Å². The molecule has 1 N–H and O–H groups in total. The van der Waals surface area contributed by atoms with Gasteiger partial charge in [-0.3, -0.25) is 4.79 Å². The first-order valence-corrected chi connectivity index (χ1v) is 5.56. The summed E-state index contributed by atoms with van der Waals surface area (Å²) in [6.45, 7) is 2.54. The number of carbonyl (C=O) groups is 1. The number of nitrogens with one attached hydrogen (secondary N) is 1. The smallest absolute Gasteiger partial charge is 0.381 e. The van der Waals surface area contributed by atoms with Crippen molar-refractivity contribution in [2.45, 2.75) is 13.3 Å². The van der Waals surface area contributed by atoms with Crippen LogP contribution in [-0.2, 0) is 4.74 Å². The van der Waals surface area contributed by atoms with Crippen molar-refractivity contribution in [3.05, 3.63) is 22.2 Å². The maximum atomic E-state index is 11.6. The molecule has 1 rings (SSSR count). The van der Waals surface area contributed by atoms with Gasteiger partial charge in [0.25, 0.3) is 0 Å². The van der Waals surface area contributed by atoms with Crippen molar-refractivity contribution in [3.8, 4) is 5.75 Å². The van der Waals surface area contributed by atoms with E-state index in [0.29, 0.717) is 18.8 Å². The zero-order valence-corrected chi connectivity index (χ0v) is 10.7. The van der Waals surface area contributed by atoms with Crippen LogP contribution in [0.1, 0.15) is 23.9 Å². The van der Waals surface area contributed by atoms with Gasteiger partial charge in [0.2, 0.25) is 5.75 Å². The Labute approximate surface area is 105 Å². The van der Waals surface area contributed by atoms with E-state index in [1.165, 1.54) is 20.1 Å². The van der Waals surface area contributed by atoms with E-state index in [-0.39, 0.29) is 17.3 Å². The second-order valence-electron chi connectivity index (χ2n) is 3.67. The number of hydrogen-bond acceptors (Lipinski definition) is 6. The van der Waals surface area contributed by atoms with Crippen LogP contribution >= 0.6 is 0 Å². The quantitative estimate of drug-likeness (QED) is 0.584. The SMILES string of the molecule is COCCCNc1cc(C(C)=O)oc(=O)c1OC. The molecule has 0 aromatic carbocycles. The van der Waals surface area contributed by atoms with Crippen molar-refractivity contribution in [1.82, 2.24) is 0 Å². The number of anilines is 1. The molecule has 0 saturated carbocycles. The topological polar surface area (TPSA) is 77.8 Å². The molecule has 6 heteroatoms. The van der Waals surface area contributed by atoms with E-state index in [9.17, 15) is 9.59 Å². The van der Waals surface area contributed by atoms with Crippen molar-refractivity contribution in [3.63, 3.8) is 0 Å². The molecule has 0 fully saturated rings. The summed E-state index contributed by atoms with van der Waals surface area (Å²) in [7, 11) is 2.99. The van der Waals surface area contributed by atoms with E-state index in [0.717, 1.165) is 6.42 Å². The van der Waals surface area contributed by atoms with Crippen LogP contribution in [0, 0.1) is 0 Å². The minimum atomic E-state index is -0.667. The summed E-state index contributed by atoms with van der Waals surface area (Å²) >= 11 is 0. The van der Waals surface area contributed by atoms with Gasteiger partial charge in [0, 0.05) is 33.3 Å². The molecule has 18 heavy (non-hydrogen) atoms. The fraction of sp³-hybridized carbons (Fsp3) is 0.500. The molecule has 0 amide bonds. The monoisotopic (exact) mass is 255 g/mol. The Balaban J connectivity index is 2.92. The van der Waals surface area contributed by atoms with Crippen LogP contribution in [0.3, 0.4) is 0 Å². The third-order valence-corrected chi connectivity index (χ3v) is 2.30. The fourth-order valence-corrected chi connectivity index (χ4v) is 1.42. The molecule has 0 bridgehead atoms. The van der Waals surface area contributed by atoms with E-state index in [1.54, 1.807) is 7.11 Å². The first-order valence-electron chi connectivity index (χ1n) is 5.56. The standard InChI is InChI=1S/C12H17NO5/c1-8(14)10-7-9(13-5-4-6-16-2)11(17-3)12(15)18-10/h7,13H,4-6H2,1-3H3. The Morgan fingerprint density at radius 1 is 1.44 bits per heavy atom. The average Bonchev–Trinajstić information content (AvgIpc) is 2.34. The maximum absolute atomic E-state index is 11.6. The van der Waals surface area contributed by atoms with E-state index in [1.807, 2.05) is 0 Å². The summed E-state index contributed by atoms with van der Waals surface area (Å²) in [6, 6.07) is 1.47. The molecule has 0 radical (unpaired) electrons. The first-order chi connectivity index (χ1) is 8.60. The van der Waals surface area contributed by atoms with E-state index in [4.69, 9.17) is 13.9 Å². The molecule has 0 unspecified atom stereocenters. The molecule has 0 saturated heterocycles. The van der Waals surface area contributed by atoms with Gasteiger partial charge in [-0.1, -0.05) is 0 Å². The Morgan fingerprint density at radius 3 is 2.72 bits per heavy atom. The summed E-state index contributed by atoms with van der Waals surface area (Å²) < 4.78 is 14.7. The molecule has 1 aromatic heterocycles. The summed E-state index contributed by atoms with van der Waals surface area (Å²) in [4.78, 5) is 22.8. The highest BCUT2D eigenvalue weighted by Crippen LogP contribution is 2.21. The molecule has 6 nitrogen and oxygen atoms in total. The lowest BCUT2D eigenvalue weighted by Crippen LogP contribution is -2.13. The second kappa shape index (κ2) is 6.80. The van der Waals surface area contributed by atoms with Crippen LogP contribution in [0.25, 0.3) is 0 Å². The van der Waals surface area contributed by atoms with Crippen LogP contribution in [0.4, 0.5) is 5.69 Å². The minimum Gasteiger partial charge on any atom is -0.488 e. The van der Waals surface area contributed by atoms with Gasteiger partial charge in [-0.15, -0.1) is 0 Å². The van der Waals surface area contributed by atoms with Crippen LogP contribution in [0.2, 0.25) is 0 Å². The molecule has 0 atom stereocenters. The number of rotatable bonds is 7. The summed E-state index contributed by atoms with van der Waals surface area (Å²) in [5, 5.41) is 3.02. The molecular weight excluding hydrogens is 238 g/mol. The van der Waals surface area contributed by atoms with Crippen LogP contribution < -0.4 is 15.7 Å². The normalized spacial score (nSPS) is 10.2. The Kier molecular flexibility index (Phi) is 5.38. The van der Waals surface area contributed by atoms with Crippen molar-refractivity contribution < 1.29 is 18.7 Å². The number of hydrogen-bond donors (Lipinski definition) is 1. The van der Waals surface area contributed by atoms with E-state index >= 15 is 0 Å². The summed E-state index contributed by atoms with van der Waals surface area (Å²) in [5.41, 5.74) is -0.213. The molecule has 1 aromatic rings. The number of ketones is 1. The van der Waals surface area contributed by atoms with Crippen molar-refractivity contribution in [1.29, 1.82) is 0 Å². The van der Waals surface area contributed by atoms with Crippen molar-refractivity contribution in [2.24, 2.45) is 0 Å². The molecule has 0 spiro atoms. The predicted molar refractivity (Wildman–Crippen MR) is 66.5 cm³/mol. The van der Waals surface area contributed by atoms with E-state index in [2.05, 4.69) is 5.32 Å². The lowest BCUT2D eigenvalue weighted by molar-refractivity contribution is 0.0982. The Bertz CT molecular complexity index is 466. The van der Waals surface area contributed by atoms with Crippen molar-refractivity contribution >= 4 is 11.5 Å². The first kappa shape index (κ1) is 14.2. The molecule has 0 aliphatic carbocycles. The van der Waals surface area contributed by atoms with Gasteiger partial charge in [-0.25, -0.2) is 4.79 Å². The lowest BCUT2D eigenvalue weighted by Gasteiger charge is -2.10. The maximum Gasteiger partial charge on any atom is 0.381 e. The fourth-order valence-electron chi connectivity index (χ4n) is 1.42. The molecule has 0 aliphatic heterocycles. The van der Waals surface area contributed by atoms with Gasteiger partial charge in [0.05, 0.1) is 12.8 Å². The molecular formula is C12H17NO5. The van der Waals surface area contributed by atoms with Crippen LogP contribution in [0.15, 0.2) is 15.3 Å². The third kappa shape index (κ3) is 3.59. The van der Waals surface area contributed by atoms with Gasteiger partial charge in [-0.05, 0) is 6.42 Å². The van der Waals surface area contributed by atoms with Crippen LogP contribution in [-0.4, -0.2) is 33.2 Å². The van der Waals surface area contributed by atoms with Crippen molar-refractivity contribution in [2.75, 3.05) is 32.7 Å². The lowest BCUT2D eigenvalue weighted by atomic mass is 10.2. The summed E-state index contributed by atoms with van der Waals surface area (Å²) in [6.07, 6.45) is 0.773. The van der Waals surface area contributed by atoms with Gasteiger partial charge in [0.1, 0.15) is 0 Å². The Hall–Kier alpha value is -1.82. The minimum absolute atomic E-state index is 0.00930. The molecule has 0 aliphatic rings. The van der Waals surface area contributed by atoms with Gasteiger partial charge < -0.3 is 19.2 Å². The predicted octanol–water partition coefficient (Wildman–Crippen LogP) is 1.30. The molecule has 1 heterocycles. The zero-order valence-electron chi connectivity index (χ0n) is 10.7. The largest absolute Gasteiger partial charge is 0.488 e. The van der Waals surface area contributed by atoms with Gasteiger partial charge in [0.15, 0.2) is 11.5 Å². The highest BCUT2D eigenvalue weighted by Gasteiger charge is 2.14. The number of Topliss-reactive ketones (excluding diaryl/α,β-unsaturated/α-hetero) is 1. The highest BCUT2D eigenvalue weighted by atomic mass is 16.5. The average molecular weight is 255 g/mol. The van der Waals surface area contributed by atoms with E-state index < -0.39 is 5.63 Å². The number of methoxy groups -OCH3 is 2. The van der Waals surface area contributed by atoms with Gasteiger partial charge in [-0.2, -0.15) is 0 Å². The molecule has 100 valence electrons. The number of carbonyl (C=O) groups excluding carboxylic acids is 1. The highest BCUT2D eigenvalue weighted by molar-refractivity contribution is 5.92. The van der Waals surface area contributed by atoms with Crippen LogP contribution in [0.5, 0.6) is 5.75 Å². The number of ether oxygens (including phenoxy) is 2. The second-order valence-corrected chi connectivity index (χ2v) is 3.67.